The van der Waals surface area contributed by atoms with E-state index < -0.39 is 0 Å². The molecule has 1 fully saturated rings. The van der Waals surface area contributed by atoms with E-state index >= 15 is 0 Å². The molecule has 0 unspecified atom stereocenters. The average Bonchev–Trinajstić information content (AvgIpc) is 2.94. The van der Waals surface area contributed by atoms with Crippen LogP contribution in [-0.4, -0.2) is 22.8 Å². The summed E-state index contributed by atoms with van der Waals surface area (Å²) < 4.78 is 5.93. The van der Waals surface area contributed by atoms with Crippen LogP contribution in [0.3, 0.4) is 0 Å². The van der Waals surface area contributed by atoms with Gasteiger partial charge >= 0.3 is 0 Å². The first kappa shape index (κ1) is 18.5. The smallest absolute Gasteiger partial charge is 0.264 e. The molecule has 0 bridgehead atoms. The Morgan fingerprint density at radius 2 is 2.04 bits per heavy atom. The van der Waals surface area contributed by atoms with E-state index in [9.17, 15) is 9.90 Å². The van der Waals surface area contributed by atoms with E-state index in [4.69, 9.17) is 4.74 Å². The molecule has 0 atom stereocenters. The summed E-state index contributed by atoms with van der Waals surface area (Å²) in [5.41, 5.74) is 2.68. The highest BCUT2D eigenvalue weighted by atomic mass is 79.9. The molecule has 5 nitrogen and oxygen atoms in total. The summed E-state index contributed by atoms with van der Waals surface area (Å²) in [4.78, 5) is 17.2. The van der Waals surface area contributed by atoms with Gasteiger partial charge in [-0.1, -0.05) is 17.7 Å². The van der Waals surface area contributed by atoms with Gasteiger partial charge in [-0.05, 0) is 77.4 Å². The Labute approximate surface area is 164 Å². The highest BCUT2D eigenvalue weighted by Gasteiger charge is 2.24. The van der Waals surface area contributed by atoms with Crippen LogP contribution in [0, 0.1) is 6.92 Å². The van der Waals surface area contributed by atoms with Crippen LogP contribution in [-0.2, 0) is 4.79 Å². The molecular formula is C19H17BrN2O3S. The van der Waals surface area contributed by atoms with Crippen molar-refractivity contribution in [1.29, 1.82) is 0 Å². The van der Waals surface area contributed by atoms with Crippen molar-refractivity contribution >= 4 is 50.5 Å². The quantitative estimate of drug-likeness (QED) is 0.683. The van der Waals surface area contributed by atoms with Crippen molar-refractivity contribution in [2.45, 2.75) is 13.8 Å². The lowest BCUT2D eigenvalue weighted by atomic mass is 10.2. The Bertz CT molecular complexity index is 908. The van der Waals surface area contributed by atoms with Gasteiger partial charge in [-0.2, -0.15) is 0 Å². The van der Waals surface area contributed by atoms with Gasteiger partial charge in [0.1, 0.15) is 0 Å². The monoisotopic (exact) mass is 432 g/mol. The highest BCUT2D eigenvalue weighted by Crippen LogP contribution is 2.37. The van der Waals surface area contributed by atoms with Crippen LogP contribution < -0.4 is 10.1 Å². The highest BCUT2D eigenvalue weighted by molar-refractivity contribution is 9.10. The third kappa shape index (κ3) is 4.28. The van der Waals surface area contributed by atoms with Crippen molar-refractivity contribution in [2.75, 3.05) is 6.61 Å². The maximum Gasteiger partial charge on any atom is 0.264 e. The molecule has 2 aromatic carbocycles. The number of hydrogen-bond donors (Lipinski definition) is 2. The number of aromatic hydroxyl groups is 1. The van der Waals surface area contributed by atoms with Crippen molar-refractivity contribution in [3.05, 3.63) is 56.9 Å². The molecule has 2 aromatic rings. The van der Waals surface area contributed by atoms with Crippen LogP contribution in [0.15, 0.2) is 50.8 Å². The number of aryl methyl sites for hydroxylation is 1. The Hall–Kier alpha value is -2.25. The number of amidine groups is 1. The van der Waals surface area contributed by atoms with Crippen molar-refractivity contribution in [1.82, 2.24) is 5.32 Å². The molecule has 1 amide bonds. The second-order valence-electron chi connectivity index (χ2n) is 5.60. The number of carbonyl (C=O) groups excluding carboxylic acids is 1. The summed E-state index contributed by atoms with van der Waals surface area (Å²) in [7, 11) is 0. The molecule has 1 saturated heterocycles. The van der Waals surface area contributed by atoms with Crippen LogP contribution in [0.4, 0.5) is 5.69 Å². The maximum atomic E-state index is 12.2. The number of nitrogens with zero attached hydrogens (tertiary/aromatic N) is 1. The van der Waals surface area contributed by atoms with E-state index in [1.807, 2.05) is 38.1 Å². The number of phenolic OH excluding ortho intramolecular Hbond substituents is 1. The third-order valence-corrected chi connectivity index (χ3v) is 5.08. The standard InChI is InChI=1S/C19H17BrN2O3S/c1-3-25-15-9-12(8-14(20)17(15)23)10-16-18(24)22-19(26-16)21-13-6-4-11(2)5-7-13/h4-10,23H,3H2,1-2H3,(H,21,22,24)/b16-10-. The molecule has 0 aromatic heterocycles. The van der Waals surface area contributed by atoms with E-state index in [0.717, 1.165) is 16.8 Å². The number of thioether (sulfide) groups is 1. The summed E-state index contributed by atoms with van der Waals surface area (Å²) in [5.74, 6) is 0.202. The lowest BCUT2D eigenvalue weighted by molar-refractivity contribution is -0.115. The molecule has 0 saturated carbocycles. The van der Waals surface area contributed by atoms with E-state index in [1.165, 1.54) is 11.8 Å². The molecule has 1 heterocycles. The van der Waals surface area contributed by atoms with Gasteiger partial charge in [0.15, 0.2) is 16.7 Å². The summed E-state index contributed by atoms with van der Waals surface area (Å²) in [6.45, 7) is 4.28. The van der Waals surface area contributed by atoms with Crippen LogP contribution in [0.1, 0.15) is 18.1 Å². The number of hydrogen-bond acceptors (Lipinski definition) is 5. The summed E-state index contributed by atoms with van der Waals surface area (Å²) in [6, 6.07) is 11.2. The molecule has 0 aliphatic carbocycles. The molecule has 134 valence electrons. The fourth-order valence-corrected chi connectivity index (χ4v) is 3.61. The van der Waals surface area contributed by atoms with Crippen LogP contribution >= 0.6 is 27.7 Å². The molecule has 0 spiro atoms. The zero-order valence-corrected chi connectivity index (χ0v) is 16.6. The van der Waals surface area contributed by atoms with Gasteiger partial charge in [0.05, 0.1) is 21.7 Å². The second-order valence-corrected chi connectivity index (χ2v) is 7.48. The van der Waals surface area contributed by atoms with Crippen molar-refractivity contribution < 1.29 is 14.6 Å². The molecule has 3 rings (SSSR count). The largest absolute Gasteiger partial charge is 0.503 e. The number of phenols is 1. The average molecular weight is 433 g/mol. The topological polar surface area (TPSA) is 70.9 Å². The van der Waals surface area contributed by atoms with E-state index in [0.29, 0.717) is 26.9 Å². The molecule has 7 heteroatoms. The van der Waals surface area contributed by atoms with Gasteiger partial charge < -0.3 is 15.2 Å². The first-order valence-corrected chi connectivity index (χ1v) is 9.58. The summed E-state index contributed by atoms with van der Waals surface area (Å²) >= 11 is 4.58. The van der Waals surface area contributed by atoms with Gasteiger partial charge in [-0.15, -0.1) is 0 Å². The predicted molar refractivity (Wildman–Crippen MR) is 109 cm³/mol. The molecule has 1 aliphatic rings. The summed E-state index contributed by atoms with van der Waals surface area (Å²) in [6.07, 6.45) is 1.74. The fraction of sp³-hybridized carbons (Fsp3) is 0.158. The molecular weight excluding hydrogens is 416 g/mol. The summed E-state index contributed by atoms with van der Waals surface area (Å²) in [5, 5.41) is 13.3. The fourth-order valence-electron chi connectivity index (χ4n) is 2.31. The number of aliphatic imine (C=N–C) groups is 1. The number of carbonyl (C=O) groups is 1. The van der Waals surface area contributed by atoms with Crippen molar-refractivity contribution in [3.8, 4) is 11.5 Å². The van der Waals surface area contributed by atoms with Crippen LogP contribution in [0.2, 0.25) is 0 Å². The zero-order chi connectivity index (χ0) is 18.7. The van der Waals surface area contributed by atoms with Crippen LogP contribution in [0.25, 0.3) is 6.08 Å². The third-order valence-electron chi connectivity index (χ3n) is 3.56. The molecule has 26 heavy (non-hydrogen) atoms. The van der Waals surface area contributed by atoms with E-state index in [-0.39, 0.29) is 11.7 Å². The van der Waals surface area contributed by atoms with E-state index in [2.05, 4.69) is 26.2 Å². The predicted octanol–water partition coefficient (Wildman–Crippen LogP) is 4.75. The van der Waals surface area contributed by atoms with Gasteiger partial charge in [-0.25, -0.2) is 4.99 Å². The van der Waals surface area contributed by atoms with Crippen LogP contribution in [0.5, 0.6) is 11.5 Å². The van der Waals surface area contributed by atoms with Gasteiger partial charge in [-0.3, -0.25) is 4.79 Å². The number of rotatable bonds is 4. The Kier molecular flexibility index (Phi) is 5.68. The van der Waals surface area contributed by atoms with Crippen molar-refractivity contribution in [3.63, 3.8) is 0 Å². The second kappa shape index (κ2) is 7.97. The van der Waals surface area contributed by atoms with Gasteiger partial charge in [0.25, 0.3) is 5.91 Å². The normalized spacial score (nSPS) is 17.0. The number of ether oxygens (including phenoxy) is 1. The SMILES string of the molecule is CCOc1cc(/C=C2\SC(=Nc3ccc(C)cc3)NC2=O)cc(Br)c1O. The molecule has 1 aliphatic heterocycles. The lowest BCUT2D eigenvalue weighted by Crippen LogP contribution is -2.19. The number of halogens is 1. The van der Waals surface area contributed by atoms with Crippen molar-refractivity contribution in [2.24, 2.45) is 4.99 Å². The first-order chi connectivity index (χ1) is 12.5. The Balaban J connectivity index is 1.86. The molecule has 2 N–H and O–H groups in total. The lowest BCUT2D eigenvalue weighted by Gasteiger charge is -2.08. The van der Waals surface area contributed by atoms with Gasteiger partial charge in [0.2, 0.25) is 0 Å². The Morgan fingerprint density at radius 3 is 2.73 bits per heavy atom. The zero-order valence-electron chi connectivity index (χ0n) is 14.2. The minimum Gasteiger partial charge on any atom is -0.503 e. The maximum absolute atomic E-state index is 12.2. The molecule has 0 radical (unpaired) electrons. The van der Waals surface area contributed by atoms with E-state index in [1.54, 1.807) is 18.2 Å². The van der Waals surface area contributed by atoms with Gasteiger partial charge in [0, 0.05) is 0 Å². The number of amides is 1. The number of benzene rings is 2. The number of nitrogens with one attached hydrogen (secondary N) is 1. The minimum atomic E-state index is -0.206. The first-order valence-electron chi connectivity index (χ1n) is 7.98. The minimum absolute atomic E-state index is 0.0409. The Morgan fingerprint density at radius 1 is 1.31 bits per heavy atom.